The maximum Gasteiger partial charge on any atom is 0.170 e. The van der Waals surface area contributed by atoms with Crippen LogP contribution in [0.15, 0.2) is 0 Å². The molecule has 0 radical (unpaired) electrons. The van der Waals surface area contributed by atoms with E-state index in [9.17, 15) is 0 Å². The zero-order chi connectivity index (χ0) is 6.78. The Morgan fingerprint density at radius 2 is 1.30 bits per heavy atom. The standard InChI is InChI=1S/C5H16OSi2.2CH4/c1-7(2)6-8(3,4)5;;/h7H,1-5H3;2*1H4. The molecular weight excluding hydrogens is 156 g/mol. The molecule has 0 saturated heterocycles. The normalized spacial score (nSPS) is 10.2. The fraction of sp³-hybridized carbons (Fsp3) is 1.00. The summed E-state index contributed by atoms with van der Waals surface area (Å²) in [5.74, 6) is 0. The van der Waals surface area contributed by atoms with Gasteiger partial charge in [0.05, 0.1) is 0 Å². The summed E-state index contributed by atoms with van der Waals surface area (Å²) in [4.78, 5) is 0. The van der Waals surface area contributed by atoms with E-state index in [4.69, 9.17) is 4.12 Å². The van der Waals surface area contributed by atoms with Gasteiger partial charge in [-0.25, -0.2) is 0 Å². The molecule has 0 aromatic heterocycles. The number of hydrogen-bond donors (Lipinski definition) is 0. The van der Waals surface area contributed by atoms with Crippen LogP contribution >= 0.6 is 0 Å². The monoisotopic (exact) mass is 180 g/mol. The molecule has 0 aliphatic rings. The van der Waals surface area contributed by atoms with Crippen LogP contribution in [-0.2, 0) is 4.12 Å². The molecule has 66 valence electrons. The Morgan fingerprint density at radius 3 is 1.30 bits per heavy atom. The fourth-order valence-corrected chi connectivity index (χ4v) is 6.36. The van der Waals surface area contributed by atoms with Gasteiger partial charge in [0, 0.05) is 0 Å². The SMILES string of the molecule is C.C.C[SiH](C)O[Si](C)(C)C. The van der Waals surface area contributed by atoms with Gasteiger partial charge >= 0.3 is 0 Å². The first-order chi connectivity index (χ1) is 3.42. The summed E-state index contributed by atoms with van der Waals surface area (Å²) in [5.41, 5.74) is 0. The molecule has 1 nitrogen and oxygen atoms in total. The molecule has 0 unspecified atom stereocenters. The highest BCUT2D eigenvalue weighted by atomic mass is 28.4. The van der Waals surface area contributed by atoms with Gasteiger partial charge in [0.25, 0.3) is 0 Å². The Morgan fingerprint density at radius 1 is 1.00 bits per heavy atom. The first kappa shape index (κ1) is 16.8. The van der Waals surface area contributed by atoms with Crippen molar-refractivity contribution in [1.82, 2.24) is 0 Å². The van der Waals surface area contributed by atoms with Gasteiger partial charge in [-0.2, -0.15) is 0 Å². The Labute approximate surface area is 69.7 Å². The fourth-order valence-electron chi connectivity index (χ4n) is 0.707. The lowest BCUT2D eigenvalue weighted by molar-refractivity contribution is 0.583. The van der Waals surface area contributed by atoms with Gasteiger partial charge in [0.2, 0.25) is 0 Å². The summed E-state index contributed by atoms with van der Waals surface area (Å²) in [7, 11) is -1.89. The molecule has 0 rings (SSSR count). The van der Waals surface area contributed by atoms with Gasteiger partial charge in [0.15, 0.2) is 17.4 Å². The molecule has 0 aromatic carbocycles. The average molecular weight is 180 g/mol. The van der Waals surface area contributed by atoms with Gasteiger partial charge in [-0.05, 0) is 32.7 Å². The van der Waals surface area contributed by atoms with Crippen LogP contribution in [0.1, 0.15) is 14.9 Å². The lowest BCUT2D eigenvalue weighted by Crippen LogP contribution is -2.31. The van der Waals surface area contributed by atoms with E-state index in [0.717, 1.165) is 0 Å². The maximum atomic E-state index is 5.72. The summed E-state index contributed by atoms with van der Waals surface area (Å²) < 4.78 is 5.72. The zero-order valence-corrected chi connectivity index (χ0v) is 8.64. The van der Waals surface area contributed by atoms with Crippen LogP contribution in [0.5, 0.6) is 0 Å². The first-order valence-electron chi connectivity index (χ1n) is 3.09. The first-order valence-corrected chi connectivity index (χ1v) is 9.28. The topological polar surface area (TPSA) is 9.23 Å². The third kappa shape index (κ3) is 15.8. The number of rotatable bonds is 2. The molecule has 0 aliphatic heterocycles. The van der Waals surface area contributed by atoms with E-state index < -0.39 is 17.4 Å². The Bertz CT molecular complexity index is 66.5. The van der Waals surface area contributed by atoms with Crippen LogP contribution in [0, 0.1) is 0 Å². The van der Waals surface area contributed by atoms with E-state index >= 15 is 0 Å². The van der Waals surface area contributed by atoms with Crippen LogP contribution < -0.4 is 0 Å². The predicted octanol–water partition coefficient (Wildman–Crippen LogP) is 3.09. The summed E-state index contributed by atoms with van der Waals surface area (Å²) in [6.07, 6.45) is 0. The Balaban J connectivity index is -0.000000245. The summed E-state index contributed by atoms with van der Waals surface area (Å²) in [6.45, 7) is 11.1. The third-order valence-electron chi connectivity index (χ3n) is 0.589. The molecule has 0 saturated carbocycles. The maximum absolute atomic E-state index is 5.72. The van der Waals surface area contributed by atoms with Crippen molar-refractivity contribution in [1.29, 1.82) is 0 Å². The highest BCUT2D eigenvalue weighted by Gasteiger charge is 2.14. The lowest BCUT2D eigenvalue weighted by atomic mass is 11.8. The Kier molecular flexibility index (Phi) is 10.3. The van der Waals surface area contributed by atoms with E-state index in [1.54, 1.807) is 0 Å². The summed E-state index contributed by atoms with van der Waals surface area (Å²) >= 11 is 0. The van der Waals surface area contributed by atoms with Gasteiger partial charge in [-0.3, -0.25) is 0 Å². The van der Waals surface area contributed by atoms with Crippen LogP contribution in [0.3, 0.4) is 0 Å². The van der Waals surface area contributed by atoms with Gasteiger partial charge < -0.3 is 4.12 Å². The van der Waals surface area contributed by atoms with E-state index in [2.05, 4.69) is 32.7 Å². The molecule has 0 spiro atoms. The second-order valence-corrected chi connectivity index (χ2v) is 10.5. The van der Waals surface area contributed by atoms with Crippen molar-refractivity contribution >= 4 is 17.4 Å². The van der Waals surface area contributed by atoms with Gasteiger partial charge in [-0.1, -0.05) is 14.9 Å². The second-order valence-electron chi connectivity index (χ2n) is 3.28. The molecule has 0 N–H and O–H groups in total. The van der Waals surface area contributed by atoms with Crippen molar-refractivity contribution in [2.24, 2.45) is 0 Å². The quantitative estimate of drug-likeness (QED) is 0.594. The molecule has 0 amide bonds. The minimum Gasteiger partial charge on any atom is -0.458 e. The minimum absolute atomic E-state index is 0. The molecule has 0 aromatic rings. The molecule has 3 heteroatoms. The van der Waals surface area contributed by atoms with Crippen molar-refractivity contribution < 1.29 is 4.12 Å². The molecular formula is C7H24OSi2. The molecule has 0 fully saturated rings. The van der Waals surface area contributed by atoms with Gasteiger partial charge in [-0.15, -0.1) is 0 Å². The molecule has 0 heterocycles. The van der Waals surface area contributed by atoms with E-state index in [-0.39, 0.29) is 14.9 Å². The van der Waals surface area contributed by atoms with Crippen molar-refractivity contribution in [2.75, 3.05) is 0 Å². The van der Waals surface area contributed by atoms with E-state index in [1.165, 1.54) is 0 Å². The minimum atomic E-state index is -1.16. The highest BCUT2D eigenvalue weighted by Crippen LogP contribution is 2.03. The smallest absolute Gasteiger partial charge is 0.170 e. The Hall–Kier alpha value is 0.394. The van der Waals surface area contributed by atoms with Crippen LogP contribution in [0.4, 0.5) is 0 Å². The second kappa shape index (κ2) is 6.13. The lowest BCUT2D eigenvalue weighted by Gasteiger charge is -2.19. The highest BCUT2D eigenvalue weighted by molar-refractivity contribution is 6.76. The van der Waals surface area contributed by atoms with Crippen molar-refractivity contribution in [3.63, 3.8) is 0 Å². The third-order valence-corrected chi connectivity index (χ3v) is 5.30. The molecule has 0 aliphatic carbocycles. The predicted molar refractivity (Wildman–Crippen MR) is 56.8 cm³/mol. The molecule has 0 bridgehead atoms. The van der Waals surface area contributed by atoms with Crippen LogP contribution in [-0.4, -0.2) is 17.4 Å². The average Bonchev–Trinajstić information content (AvgIpc) is 1.21. The van der Waals surface area contributed by atoms with E-state index in [0.29, 0.717) is 0 Å². The molecule has 10 heavy (non-hydrogen) atoms. The van der Waals surface area contributed by atoms with Crippen LogP contribution in [0.25, 0.3) is 0 Å². The number of hydrogen-bond acceptors (Lipinski definition) is 1. The van der Waals surface area contributed by atoms with Crippen molar-refractivity contribution in [3.8, 4) is 0 Å². The van der Waals surface area contributed by atoms with Crippen LogP contribution in [0.2, 0.25) is 32.7 Å². The zero-order valence-electron chi connectivity index (χ0n) is 6.49. The summed E-state index contributed by atoms with van der Waals surface area (Å²) in [6, 6.07) is 0. The van der Waals surface area contributed by atoms with Gasteiger partial charge in [0.1, 0.15) is 0 Å². The van der Waals surface area contributed by atoms with E-state index in [1.807, 2.05) is 0 Å². The van der Waals surface area contributed by atoms with Crippen molar-refractivity contribution in [2.45, 2.75) is 47.6 Å². The molecule has 0 atom stereocenters. The van der Waals surface area contributed by atoms with Crippen molar-refractivity contribution in [3.05, 3.63) is 0 Å². The largest absolute Gasteiger partial charge is 0.458 e. The summed E-state index contributed by atoms with van der Waals surface area (Å²) in [5, 5.41) is 0.